The maximum atomic E-state index is 15.0. The molecule has 0 aliphatic carbocycles. The molecule has 0 aromatic carbocycles. The summed E-state index contributed by atoms with van der Waals surface area (Å²) in [6.07, 6.45) is 0. The zero-order valence-corrected chi connectivity index (χ0v) is 51.8. The second-order valence-corrected chi connectivity index (χ2v) is 145. The summed E-state index contributed by atoms with van der Waals surface area (Å²) >= 11 is 157. The Morgan fingerprint density at radius 2 is 0.395 bits per heavy atom. The molecule has 43 heteroatoms. The Kier molecular flexibility index (Phi) is 21.3. The third-order valence-corrected chi connectivity index (χ3v) is 252. The summed E-state index contributed by atoms with van der Waals surface area (Å²) in [5, 5.41) is -42.5. The molecule has 0 bridgehead atoms. The highest BCUT2D eigenvalue weighted by Gasteiger charge is 2.44. The summed E-state index contributed by atoms with van der Waals surface area (Å²) in [7, 11) is -1.47. The van der Waals surface area contributed by atoms with Crippen molar-refractivity contribution in [3.8, 4) is 0 Å². The lowest BCUT2D eigenvalue weighted by atomic mass is 18.9. The van der Waals surface area contributed by atoms with Gasteiger partial charge in [0.2, 0.25) is 0 Å². The van der Waals surface area contributed by atoms with Gasteiger partial charge < -0.3 is 0 Å². The minimum atomic E-state index is -4.05. The summed E-state index contributed by atoms with van der Waals surface area (Å²) in [6.45, 7) is -4.05. The summed E-state index contributed by atoms with van der Waals surface area (Å²) < 4.78 is 15.0. The Morgan fingerprint density at radius 1 is 0.256 bits per heavy atom. The minimum Gasteiger partial charge on any atom is -0.271 e. The normalized spacial score (nSPS) is 16.5. The number of rotatable bonds is 13. The average Bonchev–Trinajstić information content (AvgIpc) is 2.76. The van der Waals surface area contributed by atoms with Gasteiger partial charge in [0.1, 0.15) is 6.56 Å². The monoisotopic (exact) mass is 1360 g/mol. The second-order valence-electron chi connectivity index (χ2n) is 5.50. The number of hydrogen-bond acceptors (Lipinski definition) is 29. The van der Waals surface area contributed by atoms with Gasteiger partial charge >= 0.3 is 0 Å². The van der Waals surface area contributed by atoms with Crippen molar-refractivity contribution in [3.05, 3.63) is 0 Å². The number of halogens is 1. The first kappa shape index (κ1) is 54.0. The van der Waals surface area contributed by atoms with Gasteiger partial charge in [-0.15, -0.1) is 3.89 Å². The van der Waals surface area contributed by atoms with E-state index >= 15 is 3.89 Å². The first-order valence-corrected chi connectivity index (χ1v) is 62.0. The molecule has 0 saturated heterocycles. The topological polar surface area (TPSA) is 0 Å². The molecule has 0 heterocycles. The smallest absolute Gasteiger partial charge is 0.131 e. The van der Waals surface area contributed by atoms with E-state index in [1.165, 1.54) is 0 Å². The van der Waals surface area contributed by atoms with Gasteiger partial charge in [-0.1, -0.05) is 27.6 Å². The van der Waals surface area contributed by atoms with Crippen LogP contribution in [0.2, 0.25) is 0 Å². The van der Waals surface area contributed by atoms with Crippen LogP contribution >= 0.6 is 0 Å². The molecule has 0 nitrogen and oxygen atoms in total. The van der Waals surface area contributed by atoms with Gasteiger partial charge in [0, 0.05) is 52.1 Å². The molecule has 0 spiro atoms. The molecule has 0 amide bonds. The maximum Gasteiger partial charge on any atom is 0.131 e. The molecule has 0 unspecified atom stereocenters. The van der Waals surface area contributed by atoms with Crippen molar-refractivity contribution >= 4 is 389 Å². The summed E-state index contributed by atoms with van der Waals surface area (Å²) in [4.78, 5) is 0. The molecule has 0 saturated carbocycles. The quantitative estimate of drug-likeness (QED) is 0.141. The minimum absolute atomic E-state index is 1.47. The maximum absolute atomic E-state index is 15.0. The van der Waals surface area contributed by atoms with Gasteiger partial charge in [-0.2, -0.15) is 0 Å². The van der Waals surface area contributed by atoms with Crippen LogP contribution in [-0.2, 0) is 389 Å². The van der Waals surface area contributed by atoms with E-state index in [9.17, 15) is 0 Å². The molecule has 0 radical (unpaired) electrons. The molecule has 0 atom stereocenters. The van der Waals surface area contributed by atoms with Crippen LogP contribution in [0.3, 0.4) is 0 Å². The molecule has 0 N–H and O–H groups in total. The van der Waals surface area contributed by atoms with Gasteiger partial charge in [0.05, 0.1) is 5.21 Å². The van der Waals surface area contributed by atoms with Crippen molar-refractivity contribution in [1.29, 1.82) is 0 Å². The fourth-order valence-corrected chi connectivity index (χ4v) is 284. The molecule has 43 heavy (non-hydrogen) atoms. The lowest BCUT2D eigenvalue weighted by Crippen LogP contribution is -2.38. The highest BCUT2D eigenvalue weighted by atomic mass is 34.5. The van der Waals surface area contributed by atoms with Crippen molar-refractivity contribution in [2.24, 2.45) is 0 Å². The summed E-state index contributed by atoms with van der Waals surface area (Å²) in [6, 6.07) is 0. The first-order valence-electron chi connectivity index (χ1n) is 6.99. The van der Waals surface area contributed by atoms with E-state index in [4.69, 9.17) is 313 Å². The predicted molar refractivity (Wildman–Crippen MR) is 310 cm³/mol. The third-order valence-electron chi connectivity index (χ3n) is 3.16. The van der Waals surface area contributed by atoms with Crippen molar-refractivity contribution in [1.82, 2.24) is 0 Å². The molecule has 0 fully saturated rings. The van der Waals surface area contributed by atoms with Crippen LogP contribution < -0.4 is 0 Å². The largest absolute Gasteiger partial charge is 0.271 e. The standard InChI is InChI=1S/FS42/c1-31(4,5)33(8,9)35(12,13)37(16,17)39(20,21)41(24,25)43(28,29)42(26,27)40(22,23)38(18,19)36(14,15)34(10,11)32(6,7)30(2)3/q-1. The van der Waals surface area contributed by atoms with E-state index < -0.39 is 76.1 Å². The van der Waals surface area contributed by atoms with Gasteiger partial charge in [-0.05, 0) is 269 Å². The van der Waals surface area contributed by atoms with E-state index in [1.807, 2.05) is 0 Å². The predicted octanol–water partition coefficient (Wildman–Crippen LogP) is 0.319. The highest BCUT2D eigenvalue weighted by molar-refractivity contribution is 9.77. The van der Waals surface area contributed by atoms with Gasteiger partial charge in [-0.3, -0.25) is 7.05 Å². The van der Waals surface area contributed by atoms with Crippen molar-refractivity contribution in [2.75, 3.05) is 0 Å². The Balaban J connectivity index is 8.18. The van der Waals surface area contributed by atoms with E-state index in [1.54, 1.807) is 0 Å². The molecule has 0 aliphatic heterocycles. The van der Waals surface area contributed by atoms with Crippen LogP contribution in [-0.4, -0.2) is 0 Å². The molecule has 0 rings (SSSR count). The fraction of sp³-hybridized carbons (Fsp3) is 0. The van der Waals surface area contributed by atoms with Gasteiger partial charge in [0.15, 0.2) is 0 Å². The van der Waals surface area contributed by atoms with Crippen LogP contribution in [0.25, 0.3) is 0 Å². The SMILES string of the molecule is FS(=S)(=S)S(=S)(=S)S(=S)(=S)S(=S)(=S)S(=S)(=S)S(=S)(=S)S(=S)(=S)S(=S)(=S)S(=S)(=S)S(=S)(=S)S(=S)(=S)S(=S)(=S)S(=S)(=S)[S-](=S)=S. The zero-order valence-electron chi connectivity index (χ0n) is 17.5. The molecule has 0 aromatic rings. The lowest BCUT2D eigenvalue weighted by Gasteiger charge is -2.35. The van der Waals surface area contributed by atoms with E-state index in [2.05, 4.69) is 0 Å². The Morgan fingerprint density at radius 3 is 0.535 bits per heavy atom. The fourth-order valence-electron chi connectivity index (χ4n) is 1.19. The van der Waals surface area contributed by atoms with Crippen LogP contribution in [0.1, 0.15) is 0 Å². The summed E-state index contributed by atoms with van der Waals surface area (Å²) in [5.41, 5.74) is 0. The number of hydrogen-bond donors (Lipinski definition) is 0. The molecular weight excluding hydrogens is 1370 g/mol. The van der Waals surface area contributed by atoms with Crippen molar-refractivity contribution < 1.29 is 3.89 Å². The van der Waals surface area contributed by atoms with Crippen LogP contribution in [0, 0.1) is 0 Å². The molecule has 260 valence electrons. The van der Waals surface area contributed by atoms with E-state index in [0.29, 0.717) is 0 Å². The Labute approximate surface area is 382 Å². The van der Waals surface area contributed by atoms with Crippen molar-refractivity contribution in [2.45, 2.75) is 0 Å². The average molecular weight is 1370 g/mol. The van der Waals surface area contributed by atoms with Crippen LogP contribution in [0.4, 0.5) is 3.89 Å². The first-order chi connectivity index (χ1) is 17.9. The van der Waals surface area contributed by atoms with Crippen LogP contribution in [0.5, 0.6) is 0 Å². The highest BCUT2D eigenvalue weighted by Crippen LogP contribution is 2.40. The Hall–Kier alpha value is 11.0. The van der Waals surface area contributed by atoms with E-state index in [0.717, 1.165) is 0 Å². The Bertz CT molecular complexity index is 2800. The molecule has 0 aliphatic rings. The summed E-state index contributed by atoms with van der Waals surface area (Å²) in [5.74, 6) is 0. The lowest BCUT2D eigenvalue weighted by molar-refractivity contribution is 0.944. The molecule has 0 aromatic heterocycles. The third kappa shape index (κ3) is 8.82. The van der Waals surface area contributed by atoms with Gasteiger partial charge in [0.25, 0.3) is 0 Å². The van der Waals surface area contributed by atoms with Crippen LogP contribution in [0.15, 0.2) is 0 Å². The van der Waals surface area contributed by atoms with Crippen molar-refractivity contribution in [3.63, 3.8) is 0 Å². The molecular formula is FS42-. The van der Waals surface area contributed by atoms with E-state index in [-0.39, 0.29) is 0 Å². The second kappa shape index (κ2) is 16.9. The van der Waals surface area contributed by atoms with Gasteiger partial charge in [-0.25, -0.2) is 22.4 Å². The zero-order chi connectivity index (χ0) is 36.1.